The number of pyridine rings is 1. The van der Waals surface area contributed by atoms with Gasteiger partial charge in [0.05, 0.1) is 6.04 Å². The van der Waals surface area contributed by atoms with Gasteiger partial charge in [0.2, 0.25) is 5.89 Å². The van der Waals surface area contributed by atoms with Gasteiger partial charge < -0.3 is 14.6 Å². The number of amidine groups is 1. The summed E-state index contributed by atoms with van der Waals surface area (Å²) in [4.78, 5) is 36.3. The second-order valence-corrected chi connectivity index (χ2v) is 11.3. The summed E-state index contributed by atoms with van der Waals surface area (Å²) < 4.78 is 19.9. The molecule has 1 atom stereocenters. The fraction of sp³-hybridized carbons (Fsp3) is 0.323. The van der Waals surface area contributed by atoms with Crippen LogP contribution in [0.25, 0.3) is 22.6 Å². The molecular weight excluding hydrogens is 551 g/mol. The van der Waals surface area contributed by atoms with E-state index >= 15 is 0 Å². The first-order chi connectivity index (χ1) is 20.7. The quantitative estimate of drug-likeness (QED) is 0.282. The van der Waals surface area contributed by atoms with Gasteiger partial charge in [0.15, 0.2) is 11.3 Å². The molecule has 1 saturated heterocycles. The number of nitrogens with zero attached hydrogens (tertiary/aromatic N) is 5. The topological polar surface area (TPSA) is 128 Å². The molecule has 0 bridgehead atoms. The van der Waals surface area contributed by atoms with Gasteiger partial charge >= 0.3 is 0 Å². The molecule has 2 aromatic heterocycles. The van der Waals surface area contributed by atoms with Gasteiger partial charge in [-0.05, 0) is 75.4 Å². The zero-order valence-corrected chi connectivity index (χ0v) is 24.2. The van der Waals surface area contributed by atoms with Crippen molar-refractivity contribution >= 4 is 34.4 Å². The second kappa shape index (κ2) is 11.4. The number of piperidine rings is 1. The predicted octanol–water partition coefficient (Wildman–Crippen LogP) is 4.83. The highest BCUT2D eigenvalue weighted by atomic mass is 19.1. The van der Waals surface area contributed by atoms with Crippen molar-refractivity contribution in [1.29, 1.82) is 0 Å². The highest BCUT2D eigenvalue weighted by Crippen LogP contribution is 2.36. The van der Waals surface area contributed by atoms with Gasteiger partial charge in [0, 0.05) is 30.5 Å². The molecule has 3 N–H and O–H groups in total. The number of hydrogen-bond donors (Lipinski definition) is 3. The zero-order chi connectivity index (χ0) is 30.1. The zero-order valence-electron chi connectivity index (χ0n) is 24.2. The van der Waals surface area contributed by atoms with Crippen molar-refractivity contribution in [2.45, 2.75) is 45.3 Å². The first-order valence-electron chi connectivity index (χ1n) is 14.2. The number of carbonyl (C=O) groups is 2. The number of likely N-dealkylation sites (tertiary alicyclic amines) is 1. The van der Waals surface area contributed by atoms with E-state index in [1.54, 1.807) is 36.5 Å². The summed E-state index contributed by atoms with van der Waals surface area (Å²) in [6.07, 6.45) is 3.18. The molecule has 4 heterocycles. The number of amides is 2. The fourth-order valence-electron chi connectivity index (χ4n) is 5.41. The lowest BCUT2D eigenvalue weighted by molar-refractivity contribution is -0.125. The number of hydrogen-bond acceptors (Lipinski definition) is 9. The van der Waals surface area contributed by atoms with Crippen LogP contribution in [-0.2, 0) is 4.79 Å². The van der Waals surface area contributed by atoms with E-state index in [4.69, 9.17) is 4.42 Å². The summed E-state index contributed by atoms with van der Waals surface area (Å²) in [5, 5.41) is 9.03. The van der Waals surface area contributed by atoms with Crippen LogP contribution in [0.15, 0.2) is 76.4 Å². The molecule has 11 nitrogen and oxygen atoms in total. The third-order valence-corrected chi connectivity index (χ3v) is 7.70. The number of oxazole rings is 1. The number of hydrazone groups is 1. The minimum atomic E-state index is -2.01. The van der Waals surface area contributed by atoms with Gasteiger partial charge in [-0.3, -0.25) is 20.0 Å². The SMILES string of the molecule is CC1=NN(C(c2ccccc2)C2CCN(C(=O)c3cc(-c4nc5cc(NC(=O)C(C)(C)F)ccc5o4)ccn3)CC2)NN1. The Morgan fingerprint density at radius 3 is 2.56 bits per heavy atom. The molecule has 222 valence electrons. The monoisotopic (exact) mass is 584 g/mol. The summed E-state index contributed by atoms with van der Waals surface area (Å²) in [5.41, 5.74) is 7.66. The second-order valence-electron chi connectivity index (χ2n) is 11.3. The van der Waals surface area contributed by atoms with E-state index in [0.29, 0.717) is 47.0 Å². The number of anilines is 1. The van der Waals surface area contributed by atoms with Crippen molar-refractivity contribution < 1.29 is 18.4 Å². The Labute approximate surface area is 248 Å². The average Bonchev–Trinajstić information content (AvgIpc) is 3.63. The highest BCUT2D eigenvalue weighted by Gasteiger charge is 2.35. The Bertz CT molecular complexity index is 1680. The summed E-state index contributed by atoms with van der Waals surface area (Å²) in [6, 6.07) is 18.6. The van der Waals surface area contributed by atoms with E-state index in [2.05, 4.69) is 43.5 Å². The minimum Gasteiger partial charge on any atom is -0.436 e. The van der Waals surface area contributed by atoms with E-state index < -0.39 is 11.6 Å². The Kier molecular flexibility index (Phi) is 7.53. The Morgan fingerprint density at radius 1 is 1.09 bits per heavy atom. The molecule has 0 aliphatic carbocycles. The van der Waals surface area contributed by atoms with Crippen LogP contribution in [0.4, 0.5) is 10.1 Å². The van der Waals surface area contributed by atoms with Crippen molar-refractivity contribution in [3.8, 4) is 11.5 Å². The van der Waals surface area contributed by atoms with E-state index in [1.807, 2.05) is 35.1 Å². The standard InChI is InChI=1S/C31H33FN8O3/c1-19-36-38-40(37-19)27(20-7-5-4-6-8-20)21-12-15-39(16-13-21)29(41)25-17-22(11-14-33-25)28-35-24-18-23(9-10-26(24)43-28)34-30(42)31(2,3)32/h4-11,14,17-18,21,27,38H,12-13,15-16H2,1-3H3,(H,34,42)(H,36,37). The fourth-order valence-corrected chi connectivity index (χ4v) is 5.41. The molecule has 0 saturated carbocycles. The van der Waals surface area contributed by atoms with Crippen LogP contribution in [0.5, 0.6) is 0 Å². The Morgan fingerprint density at radius 2 is 1.86 bits per heavy atom. The molecule has 4 aromatic rings. The smallest absolute Gasteiger partial charge is 0.272 e. The predicted molar refractivity (Wildman–Crippen MR) is 160 cm³/mol. The van der Waals surface area contributed by atoms with Crippen LogP contribution in [-0.4, -0.2) is 56.4 Å². The number of rotatable bonds is 7. The van der Waals surface area contributed by atoms with Crippen LogP contribution in [0.1, 0.15) is 55.7 Å². The molecular formula is C31H33FN8O3. The van der Waals surface area contributed by atoms with Gasteiger partial charge in [0.25, 0.3) is 11.8 Å². The molecule has 0 spiro atoms. The van der Waals surface area contributed by atoms with Gasteiger partial charge in [-0.15, -0.1) is 10.6 Å². The van der Waals surface area contributed by atoms with Crippen molar-refractivity contribution in [2.75, 3.05) is 18.4 Å². The number of benzene rings is 2. The lowest BCUT2D eigenvalue weighted by Gasteiger charge is -2.38. The molecule has 2 amide bonds. The molecule has 1 unspecified atom stereocenters. The van der Waals surface area contributed by atoms with E-state index in [1.165, 1.54) is 13.8 Å². The molecule has 2 aromatic carbocycles. The van der Waals surface area contributed by atoms with Crippen molar-refractivity contribution in [1.82, 2.24) is 30.9 Å². The normalized spacial score (nSPS) is 16.6. The van der Waals surface area contributed by atoms with E-state index in [0.717, 1.165) is 24.2 Å². The molecule has 0 radical (unpaired) electrons. The first-order valence-corrected chi connectivity index (χ1v) is 14.2. The maximum atomic E-state index is 14.0. The number of aromatic nitrogens is 2. The van der Waals surface area contributed by atoms with E-state index in [9.17, 15) is 14.0 Å². The van der Waals surface area contributed by atoms with Crippen molar-refractivity contribution in [2.24, 2.45) is 11.0 Å². The Balaban J connectivity index is 1.15. The summed E-state index contributed by atoms with van der Waals surface area (Å²) in [6.45, 7) is 5.48. The summed E-state index contributed by atoms with van der Waals surface area (Å²) in [5.74, 6) is 0.487. The average molecular weight is 585 g/mol. The molecule has 1 fully saturated rings. The number of alkyl halides is 1. The number of halogens is 1. The third-order valence-electron chi connectivity index (χ3n) is 7.70. The summed E-state index contributed by atoms with van der Waals surface area (Å²) in [7, 11) is 0. The number of nitrogens with one attached hydrogen (secondary N) is 3. The van der Waals surface area contributed by atoms with Gasteiger partial charge in [-0.2, -0.15) is 0 Å². The Hall–Kier alpha value is -4.84. The largest absolute Gasteiger partial charge is 0.436 e. The molecule has 6 rings (SSSR count). The van der Waals surface area contributed by atoms with Gasteiger partial charge in [-0.25, -0.2) is 14.5 Å². The lowest BCUT2D eigenvalue weighted by atomic mass is 9.85. The van der Waals surface area contributed by atoms with Gasteiger partial charge in [0.1, 0.15) is 17.0 Å². The van der Waals surface area contributed by atoms with Crippen LogP contribution in [0.3, 0.4) is 0 Å². The first kappa shape index (κ1) is 28.3. The van der Waals surface area contributed by atoms with E-state index in [-0.39, 0.29) is 17.9 Å². The highest BCUT2D eigenvalue weighted by molar-refractivity contribution is 5.98. The van der Waals surface area contributed by atoms with Crippen LogP contribution in [0, 0.1) is 5.92 Å². The van der Waals surface area contributed by atoms with Crippen LogP contribution in [0.2, 0.25) is 0 Å². The van der Waals surface area contributed by atoms with Crippen molar-refractivity contribution in [3.63, 3.8) is 0 Å². The maximum absolute atomic E-state index is 14.0. The molecule has 2 aliphatic heterocycles. The molecule has 2 aliphatic rings. The lowest BCUT2D eigenvalue weighted by Crippen LogP contribution is -2.46. The van der Waals surface area contributed by atoms with Gasteiger partial charge in [-0.1, -0.05) is 30.3 Å². The third kappa shape index (κ3) is 6.05. The molecule has 43 heavy (non-hydrogen) atoms. The maximum Gasteiger partial charge on any atom is 0.272 e. The summed E-state index contributed by atoms with van der Waals surface area (Å²) >= 11 is 0. The number of hydrazine groups is 2. The van der Waals surface area contributed by atoms with Crippen molar-refractivity contribution in [3.05, 3.63) is 78.1 Å². The number of carbonyl (C=O) groups excluding carboxylic acids is 2. The van der Waals surface area contributed by atoms with Crippen LogP contribution >= 0.6 is 0 Å². The van der Waals surface area contributed by atoms with Crippen LogP contribution < -0.4 is 16.3 Å². The molecule has 12 heteroatoms. The number of fused-ring (bicyclic) bond motifs is 1. The minimum absolute atomic E-state index is 0.0151.